The lowest BCUT2D eigenvalue weighted by atomic mass is 10.2. The molecule has 0 amide bonds. The van der Waals surface area contributed by atoms with Crippen LogP contribution in [0.1, 0.15) is 32.6 Å². The van der Waals surface area contributed by atoms with Gasteiger partial charge in [-0.25, -0.2) is 8.42 Å². The highest BCUT2D eigenvalue weighted by molar-refractivity contribution is 7.92. The Kier molecular flexibility index (Phi) is 4.44. The zero-order valence-corrected chi connectivity index (χ0v) is 11.5. The molecule has 2 atom stereocenters. The molecular formula is C12H24N2O2S. The fourth-order valence-corrected chi connectivity index (χ4v) is 4.73. The molecule has 1 N–H and O–H groups in total. The van der Waals surface area contributed by atoms with E-state index < -0.39 is 9.84 Å². The molecule has 5 heteroatoms. The van der Waals surface area contributed by atoms with Gasteiger partial charge in [0.15, 0.2) is 9.84 Å². The van der Waals surface area contributed by atoms with Crippen LogP contribution in [0.25, 0.3) is 0 Å². The van der Waals surface area contributed by atoms with Crippen molar-refractivity contribution >= 4 is 9.84 Å². The van der Waals surface area contributed by atoms with Gasteiger partial charge in [-0.1, -0.05) is 6.92 Å². The normalized spacial score (nSPS) is 33.2. The lowest BCUT2D eigenvalue weighted by molar-refractivity contribution is 0.323. The first-order valence-electron chi connectivity index (χ1n) is 6.79. The van der Waals surface area contributed by atoms with Gasteiger partial charge in [0.25, 0.3) is 0 Å². The van der Waals surface area contributed by atoms with Gasteiger partial charge in [-0.05, 0) is 38.8 Å². The third kappa shape index (κ3) is 3.42. The van der Waals surface area contributed by atoms with Gasteiger partial charge in [0.1, 0.15) is 0 Å². The largest absolute Gasteiger partial charge is 0.313 e. The molecule has 2 aliphatic rings. The number of hydrogen-bond acceptors (Lipinski definition) is 4. The fourth-order valence-electron chi connectivity index (χ4n) is 2.86. The maximum Gasteiger partial charge on any atom is 0.154 e. The van der Waals surface area contributed by atoms with Crippen LogP contribution in [0.3, 0.4) is 0 Å². The molecule has 17 heavy (non-hydrogen) atoms. The number of nitrogens with zero attached hydrogens (tertiary/aromatic N) is 1. The summed E-state index contributed by atoms with van der Waals surface area (Å²) >= 11 is 0. The van der Waals surface area contributed by atoms with Crippen molar-refractivity contribution in [1.82, 2.24) is 10.2 Å². The molecule has 2 saturated heterocycles. The van der Waals surface area contributed by atoms with E-state index in [2.05, 4.69) is 17.1 Å². The Morgan fingerprint density at radius 3 is 2.82 bits per heavy atom. The monoisotopic (exact) mass is 260 g/mol. The van der Waals surface area contributed by atoms with Crippen molar-refractivity contribution in [3.8, 4) is 0 Å². The summed E-state index contributed by atoms with van der Waals surface area (Å²) in [5, 5.41) is 3.43. The molecule has 0 saturated carbocycles. The predicted molar refractivity (Wildman–Crippen MR) is 69.9 cm³/mol. The average molecular weight is 260 g/mol. The molecule has 2 rings (SSSR count). The zero-order chi connectivity index (χ0) is 12.3. The summed E-state index contributed by atoms with van der Waals surface area (Å²) in [7, 11) is -2.77. The third-order valence-corrected chi connectivity index (χ3v) is 6.14. The van der Waals surface area contributed by atoms with E-state index in [0.717, 1.165) is 51.9 Å². The van der Waals surface area contributed by atoms with E-state index in [1.165, 1.54) is 0 Å². The molecule has 0 aromatic rings. The van der Waals surface area contributed by atoms with Gasteiger partial charge in [0, 0.05) is 19.1 Å². The molecule has 100 valence electrons. The van der Waals surface area contributed by atoms with Crippen LogP contribution in [-0.2, 0) is 9.84 Å². The van der Waals surface area contributed by atoms with Crippen LogP contribution < -0.4 is 5.32 Å². The zero-order valence-electron chi connectivity index (χ0n) is 10.7. The first-order chi connectivity index (χ1) is 8.12. The predicted octanol–water partition coefficient (Wildman–Crippen LogP) is 0.638. The van der Waals surface area contributed by atoms with E-state index in [0.29, 0.717) is 11.8 Å². The summed E-state index contributed by atoms with van der Waals surface area (Å²) in [5.41, 5.74) is 0. The maximum atomic E-state index is 11.8. The van der Waals surface area contributed by atoms with Gasteiger partial charge in [0.2, 0.25) is 0 Å². The van der Waals surface area contributed by atoms with Crippen molar-refractivity contribution in [2.45, 2.75) is 43.9 Å². The van der Waals surface area contributed by atoms with Crippen LogP contribution in [0.5, 0.6) is 0 Å². The molecule has 2 fully saturated rings. The summed E-state index contributed by atoms with van der Waals surface area (Å²) < 4.78 is 23.5. The Morgan fingerprint density at radius 1 is 1.35 bits per heavy atom. The maximum absolute atomic E-state index is 11.8. The number of sulfone groups is 1. The lowest BCUT2D eigenvalue weighted by Gasteiger charge is -2.20. The quantitative estimate of drug-likeness (QED) is 0.788. The van der Waals surface area contributed by atoms with E-state index in [9.17, 15) is 8.42 Å². The molecule has 4 nitrogen and oxygen atoms in total. The van der Waals surface area contributed by atoms with Crippen LogP contribution in [0.2, 0.25) is 0 Å². The summed E-state index contributed by atoms with van der Waals surface area (Å²) in [4.78, 5) is 2.32. The minimum Gasteiger partial charge on any atom is -0.313 e. The molecule has 2 unspecified atom stereocenters. The van der Waals surface area contributed by atoms with Gasteiger partial charge in [0.05, 0.1) is 11.0 Å². The Hall–Kier alpha value is -0.130. The van der Waals surface area contributed by atoms with Crippen LogP contribution in [-0.4, -0.2) is 56.5 Å². The summed E-state index contributed by atoms with van der Waals surface area (Å²) in [6.07, 6.45) is 4.05. The Morgan fingerprint density at radius 2 is 2.18 bits per heavy atom. The van der Waals surface area contributed by atoms with E-state index >= 15 is 0 Å². The summed E-state index contributed by atoms with van der Waals surface area (Å²) in [6, 6.07) is 0.569. The third-order valence-electron chi connectivity index (χ3n) is 3.88. The Bertz CT molecular complexity index is 342. The second-order valence-corrected chi connectivity index (χ2v) is 7.73. The van der Waals surface area contributed by atoms with Gasteiger partial charge >= 0.3 is 0 Å². The van der Waals surface area contributed by atoms with Crippen LogP contribution >= 0.6 is 0 Å². The van der Waals surface area contributed by atoms with E-state index in [1.807, 2.05) is 0 Å². The van der Waals surface area contributed by atoms with E-state index in [-0.39, 0.29) is 5.25 Å². The van der Waals surface area contributed by atoms with Gasteiger partial charge in [-0.15, -0.1) is 0 Å². The molecule has 0 bridgehead atoms. The highest BCUT2D eigenvalue weighted by Crippen LogP contribution is 2.22. The van der Waals surface area contributed by atoms with Crippen LogP contribution in [0.15, 0.2) is 0 Å². The summed E-state index contributed by atoms with van der Waals surface area (Å²) in [5.74, 6) is 0.406. The highest BCUT2D eigenvalue weighted by Gasteiger charge is 2.34. The van der Waals surface area contributed by atoms with Crippen molar-refractivity contribution in [3.05, 3.63) is 0 Å². The van der Waals surface area contributed by atoms with Crippen molar-refractivity contribution in [3.63, 3.8) is 0 Å². The minimum atomic E-state index is -2.77. The molecule has 0 spiro atoms. The van der Waals surface area contributed by atoms with Gasteiger partial charge in [-0.2, -0.15) is 0 Å². The second kappa shape index (κ2) is 5.67. The smallest absolute Gasteiger partial charge is 0.154 e. The molecule has 0 aromatic heterocycles. The number of nitrogens with one attached hydrogen (secondary N) is 1. The van der Waals surface area contributed by atoms with E-state index in [4.69, 9.17) is 0 Å². The van der Waals surface area contributed by atoms with Gasteiger partial charge in [-0.3, -0.25) is 0 Å². The minimum absolute atomic E-state index is 0.0903. The van der Waals surface area contributed by atoms with Crippen LogP contribution in [0, 0.1) is 0 Å². The first kappa shape index (κ1) is 13.3. The van der Waals surface area contributed by atoms with Crippen LogP contribution in [0.4, 0.5) is 0 Å². The van der Waals surface area contributed by atoms with Crippen molar-refractivity contribution in [1.29, 1.82) is 0 Å². The Balaban J connectivity index is 1.78. The topological polar surface area (TPSA) is 49.4 Å². The molecular weight excluding hydrogens is 236 g/mol. The molecule has 2 heterocycles. The SMILES string of the molecule is CCCNC1CCN(CC2CCCS2(=O)=O)C1. The van der Waals surface area contributed by atoms with Gasteiger partial charge < -0.3 is 10.2 Å². The Labute approximate surface area is 105 Å². The van der Waals surface area contributed by atoms with E-state index in [1.54, 1.807) is 0 Å². The molecule has 2 aliphatic heterocycles. The molecule has 0 radical (unpaired) electrons. The highest BCUT2D eigenvalue weighted by atomic mass is 32.2. The van der Waals surface area contributed by atoms with Crippen molar-refractivity contribution < 1.29 is 8.42 Å². The lowest BCUT2D eigenvalue weighted by Crippen LogP contribution is -2.37. The number of likely N-dealkylation sites (tertiary alicyclic amines) is 1. The fraction of sp³-hybridized carbons (Fsp3) is 1.00. The van der Waals surface area contributed by atoms with Crippen molar-refractivity contribution in [2.24, 2.45) is 0 Å². The number of hydrogen-bond donors (Lipinski definition) is 1. The van der Waals surface area contributed by atoms with Crippen molar-refractivity contribution in [2.75, 3.05) is 31.9 Å². The number of rotatable bonds is 5. The molecule has 0 aliphatic carbocycles. The second-order valence-electron chi connectivity index (χ2n) is 5.33. The molecule has 0 aromatic carbocycles. The average Bonchev–Trinajstić information content (AvgIpc) is 2.84. The standard InChI is InChI=1S/C12H24N2O2S/c1-2-6-13-11-5-7-14(9-11)10-12-4-3-8-17(12,15)16/h11-13H,2-10H2,1H3. The first-order valence-corrected chi connectivity index (χ1v) is 8.50. The summed E-state index contributed by atoms with van der Waals surface area (Å²) in [6.45, 7) is 6.07.